The van der Waals surface area contributed by atoms with Crippen LogP contribution in [-0.4, -0.2) is 36.2 Å². The van der Waals surface area contributed by atoms with E-state index in [9.17, 15) is 9.59 Å². The number of alkyl halides is 1. The van der Waals surface area contributed by atoms with Gasteiger partial charge in [0.05, 0.1) is 12.2 Å². The van der Waals surface area contributed by atoms with Gasteiger partial charge in [-0.1, -0.05) is 12.1 Å². The number of halogens is 2. The Morgan fingerprint density at radius 2 is 2.06 bits per heavy atom. The topological polar surface area (TPSA) is 49.4 Å². The number of rotatable bonds is 4. The second-order valence-corrected chi connectivity index (χ2v) is 4.53. The number of hydrogen-bond acceptors (Lipinski definition) is 2. The molecule has 0 radical (unpaired) electrons. The Balaban J connectivity index is 2.56. The minimum absolute atomic E-state index is 0.0209. The number of benzene rings is 1. The molecular weight excluding hydrogens is 307 g/mol. The minimum Gasteiger partial charge on any atom is -0.335 e. The lowest BCUT2D eigenvalue weighted by atomic mass is 10.3. The van der Waals surface area contributed by atoms with Crippen LogP contribution in [0.15, 0.2) is 28.7 Å². The number of hydrogen-bond donors (Lipinski definition) is 1. The number of anilines is 1. The second-order valence-electron chi connectivity index (χ2n) is 3.41. The normalized spacial score (nSPS) is 9.82. The van der Waals surface area contributed by atoms with Crippen LogP contribution in [0.4, 0.5) is 5.69 Å². The first-order valence-electron chi connectivity index (χ1n) is 4.89. The molecule has 0 aliphatic heterocycles. The van der Waals surface area contributed by atoms with Crippen molar-refractivity contribution in [1.29, 1.82) is 0 Å². The van der Waals surface area contributed by atoms with Gasteiger partial charge in [-0.25, -0.2) is 0 Å². The molecule has 0 aliphatic carbocycles. The Hall–Kier alpha value is -1.07. The van der Waals surface area contributed by atoms with E-state index in [4.69, 9.17) is 11.6 Å². The number of carbonyl (C=O) groups is 2. The standard InChI is InChI=1S/C11H12BrClN2O2/c1-15(11(17)6-13)7-10(16)14-9-5-3-2-4-8(9)12/h2-5H,6-7H2,1H3,(H,14,16). The molecule has 1 rings (SSSR count). The molecule has 6 heteroatoms. The number of amides is 2. The third-order valence-electron chi connectivity index (χ3n) is 2.07. The fraction of sp³-hybridized carbons (Fsp3) is 0.273. The van der Waals surface area contributed by atoms with Crippen LogP contribution in [0.25, 0.3) is 0 Å². The maximum Gasteiger partial charge on any atom is 0.244 e. The lowest BCUT2D eigenvalue weighted by molar-refractivity contribution is -0.131. The van der Waals surface area contributed by atoms with E-state index in [1.807, 2.05) is 18.2 Å². The molecule has 0 fully saturated rings. The summed E-state index contributed by atoms with van der Waals surface area (Å²) in [7, 11) is 1.53. The third kappa shape index (κ3) is 4.36. The molecule has 0 saturated heterocycles. The summed E-state index contributed by atoms with van der Waals surface area (Å²) >= 11 is 8.70. The molecule has 1 aromatic rings. The lowest BCUT2D eigenvalue weighted by Crippen LogP contribution is -2.35. The number of para-hydroxylation sites is 1. The molecule has 0 aromatic heterocycles. The van der Waals surface area contributed by atoms with Crippen LogP contribution >= 0.6 is 27.5 Å². The summed E-state index contributed by atoms with van der Waals surface area (Å²) in [5, 5.41) is 2.70. The molecule has 17 heavy (non-hydrogen) atoms. The first-order chi connectivity index (χ1) is 8.04. The zero-order chi connectivity index (χ0) is 12.8. The van der Waals surface area contributed by atoms with E-state index in [1.54, 1.807) is 6.07 Å². The summed E-state index contributed by atoms with van der Waals surface area (Å²) in [6, 6.07) is 7.26. The van der Waals surface area contributed by atoms with Gasteiger partial charge in [-0.2, -0.15) is 0 Å². The van der Waals surface area contributed by atoms with Crippen molar-refractivity contribution < 1.29 is 9.59 Å². The van der Waals surface area contributed by atoms with Crippen molar-refractivity contribution in [3.63, 3.8) is 0 Å². The quantitative estimate of drug-likeness (QED) is 0.864. The van der Waals surface area contributed by atoms with Gasteiger partial charge in [-0.3, -0.25) is 9.59 Å². The van der Waals surface area contributed by atoms with Crippen molar-refractivity contribution in [3.8, 4) is 0 Å². The van der Waals surface area contributed by atoms with E-state index in [0.717, 1.165) is 4.47 Å². The fourth-order valence-corrected chi connectivity index (χ4v) is 1.75. The molecule has 1 N–H and O–H groups in total. The van der Waals surface area contributed by atoms with E-state index in [2.05, 4.69) is 21.2 Å². The summed E-state index contributed by atoms with van der Waals surface area (Å²) in [6.07, 6.45) is 0. The largest absolute Gasteiger partial charge is 0.335 e. The molecule has 1 aromatic carbocycles. The highest BCUT2D eigenvalue weighted by Gasteiger charge is 2.12. The number of likely N-dealkylation sites (N-methyl/N-ethyl adjacent to an activating group) is 1. The van der Waals surface area contributed by atoms with Crippen molar-refractivity contribution in [3.05, 3.63) is 28.7 Å². The van der Waals surface area contributed by atoms with Crippen LogP contribution in [-0.2, 0) is 9.59 Å². The van der Waals surface area contributed by atoms with Crippen LogP contribution in [0.2, 0.25) is 0 Å². The summed E-state index contributed by atoms with van der Waals surface area (Å²) in [6.45, 7) is -0.0209. The van der Waals surface area contributed by atoms with Gasteiger partial charge in [-0.05, 0) is 28.1 Å². The molecule has 0 unspecified atom stereocenters. The van der Waals surface area contributed by atoms with Crippen molar-refractivity contribution in [2.24, 2.45) is 0 Å². The molecule has 0 saturated carbocycles. The molecule has 0 aliphatic rings. The molecular formula is C11H12BrClN2O2. The maximum atomic E-state index is 11.6. The highest BCUT2D eigenvalue weighted by atomic mass is 79.9. The van der Waals surface area contributed by atoms with Crippen LogP contribution in [0.1, 0.15) is 0 Å². The van der Waals surface area contributed by atoms with Gasteiger partial charge in [0.1, 0.15) is 5.88 Å². The van der Waals surface area contributed by atoms with E-state index >= 15 is 0 Å². The smallest absolute Gasteiger partial charge is 0.244 e. The van der Waals surface area contributed by atoms with Gasteiger partial charge in [0, 0.05) is 11.5 Å². The fourth-order valence-electron chi connectivity index (χ4n) is 1.16. The SMILES string of the molecule is CN(CC(=O)Nc1ccccc1Br)C(=O)CCl. The van der Waals surface area contributed by atoms with Crippen LogP contribution in [0, 0.1) is 0 Å². The first kappa shape index (κ1) is 14.0. The Morgan fingerprint density at radius 1 is 1.41 bits per heavy atom. The third-order valence-corrected chi connectivity index (χ3v) is 2.99. The van der Waals surface area contributed by atoms with E-state index in [1.165, 1.54) is 11.9 Å². The van der Waals surface area contributed by atoms with Gasteiger partial charge < -0.3 is 10.2 Å². The summed E-state index contributed by atoms with van der Waals surface area (Å²) in [5.74, 6) is -0.675. The van der Waals surface area contributed by atoms with Crippen molar-refractivity contribution in [2.45, 2.75) is 0 Å². The first-order valence-corrected chi connectivity index (χ1v) is 6.21. The zero-order valence-corrected chi connectivity index (χ0v) is 11.6. The van der Waals surface area contributed by atoms with Gasteiger partial charge in [0.25, 0.3) is 0 Å². The van der Waals surface area contributed by atoms with Gasteiger partial charge >= 0.3 is 0 Å². The van der Waals surface area contributed by atoms with Crippen molar-refractivity contribution >= 4 is 45.0 Å². The summed E-state index contributed by atoms with van der Waals surface area (Å²) in [5.41, 5.74) is 0.671. The molecule has 2 amide bonds. The molecule has 0 bridgehead atoms. The Bertz CT molecular complexity index is 426. The predicted octanol–water partition coefficient (Wildman–Crippen LogP) is 2.08. The van der Waals surface area contributed by atoms with E-state index in [-0.39, 0.29) is 24.2 Å². The van der Waals surface area contributed by atoms with Gasteiger partial charge in [-0.15, -0.1) is 11.6 Å². The van der Waals surface area contributed by atoms with Crippen molar-refractivity contribution in [2.75, 3.05) is 24.8 Å². The average Bonchev–Trinajstić information content (AvgIpc) is 2.31. The number of nitrogens with one attached hydrogen (secondary N) is 1. The Morgan fingerprint density at radius 3 is 2.65 bits per heavy atom. The molecule has 92 valence electrons. The minimum atomic E-state index is -0.283. The molecule has 0 spiro atoms. The van der Waals surface area contributed by atoms with Crippen LogP contribution in [0.3, 0.4) is 0 Å². The predicted molar refractivity (Wildman–Crippen MR) is 71.1 cm³/mol. The molecule has 0 atom stereocenters. The monoisotopic (exact) mass is 318 g/mol. The molecule has 0 heterocycles. The average molecular weight is 320 g/mol. The highest BCUT2D eigenvalue weighted by Crippen LogP contribution is 2.20. The summed E-state index contributed by atoms with van der Waals surface area (Å²) in [4.78, 5) is 24.1. The van der Waals surface area contributed by atoms with Gasteiger partial charge in [0.15, 0.2) is 0 Å². The molecule has 4 nitrogen and oxygen atoms in total. The second kappa shape index (κ2) is 6.61. The highest BCUT2D eigenvalue weighted by molar-refractivity contribution is 9.10. The van der Waals surface area contributed by atoms with Gasteiger partial charge in [0.2, 0.25) is 11.8 Å². The maximum absolute atomic E-state index is 11.6. The Labute approximate surface area is 113 Å². The Kier molecular flexibility index (Phi) is 5.44. The number of nitrogens with zero attached hydrogens (tertiary/aromatic N) is 1. The summed E-state index contributed by atoms with van der Waals surface area (Å²) < 4.78 is 0.791. The van der Waals surface area contributed by atoms with Crippen molar-refractivity contribution in [1.82, 2.24) is 4.90 Å². The van der Waals surface area contributed by atoms with E-state index in [0.29, 0.717) is 5.69 Å². The zero-order valence-electron chi connectivity index (χ0n) is 9.24. The van der Waals surface area contributed by atoms with Crippen LogP contribution < -0.4 is 5.32 Å². The van der Waals surface area contributed by atoms with E-state index < -0.39 is 0 Å². The number of carbonyl (C=O) groups excluding carboxylic acids is 2. The lowest BCUT2D eigenvalue weighted by Gasteiger charge is -2.15. The van der Waals surface area contributed by atoms with Crippen LogP contribution in [0.5, 0.6) is 0 Å².